The minimum Gasteiger partial charge on any atom is -0.370 e. The number of anilines is 1. The molecule has 1 aromatic heterocycles. The summed E-state index contributed by atoms with van der Waals surface area (Å²) in [6, 6.07) is 11.1. The number of ether oxygens (including phenoxy) is 1. The predicted molar refractivity (Wildman–Crippen MR) is 80.3 cm³/mol. The maximum absolute atomic E-state index is 5.95. The second kappa shape index (κ2) is 5.85. The van der Waals surface area contributed by atoms with Crippen molar-refractivity contribution in [2.24, 2.45) is 0 Å². The van der Waals surface area contributed by atoms with Crippen LogP contribution in [0.25, 0.3) is 0 Å². The molecule has 0 saturated carbocycles. The summed E-state index contributed by atoms with van der Waals surface area (Å²) in [5, 5.41) is 4.05. The Balaban J connectivity index is 1.80. The molecule has 1 aromatic carbocycles. The Morgan fingerprint density at radius 2 is 2.00 bits per heavy atom. The van der Waals surface area contributed by atoms with Gasteiger partial charge >= 0.3 is 6.01 Å². The fraction of sp³-hybridized carbons (Fsp3) is 0.500. The van der Waals surface area contributed by atoms with Gasteiger partial charge in [-0.1, -0.05) is 49.3 Å². The molecule has 0 radical (unpaired) electrons. The summed E-state index contributed by atoms with van der Waals surface area (Å²) in [6.45, 7) is 7.61. The van der Waals surface area contributed by atoms with Crippen LogP contribution < -0.4 is 4.90 Å². The number of benzene rings is 1. The van der Waals surface area contributed by atoms with Crippen molar-refractivity contribution in [1.82, 2.24) is 10.1 Å². The van der Waals surface area contributed by atoms with E-state index in [1.54, 1.807) is 0 Å². The van der Waals surface area contributed by atoms with E-state index in [-0.39, 0.29) is 18.1 Å². The van der Waals surface area contributed by atoms with E-state index in [9.17, 15) is 0 Å². The Labute approximate surface area is 124 Å². The van der Waals surface area contributed by atoms with E-state index in [4.69, 9.17) is 9.26 Å². The summed E-state index contributed by atoms with van der Waals surface area (Å²) in [6.07, 6.45) is 0.0387. The lowest BCUT2D eigenvalue weighted by molar-refractivity contribution is 0.0191. The van der Waals surface area contributed by atoms with E-state index < -0.39 is 0 Å². The highest BCUT2D eigenvalue weighted by Gasteiger charge is 2.30. The van der Waals surface area contributed by atoms with Gasteiger partial charge in [-0.25, -0.2) is 0 Å². The van der Waals surface area contributed by atoms with Gasteiger partial charge in [0.15, 0.2) is 5.82 Å². The first-order chi connectivity index (χ1) is 10.1. The molecule has 0 amide bonds. The number of hydrogen-bond donors (Lipinski definition) is 0. The lowest BCUT2D eigenvalue weighted by Gasteiger charge is -2.36. The third-order valence-corrected chi connectivity index (χ3v) is 3.80. The van der Waals surface area contributed by atoms with Crippen LogP contribution in [-0.4, -0.2) is 29.3 Å². The van der Waals surface area contributed by atoms with Gasteiger partial charge in [0, 0.05) is 5.92 Å². The van der Waals surface area contributed by atoms with Crippen molar-refractivity contribution in [2.75, 3.05) is 18.1 Å². The highest BCUT2D eigenvalue weighted by atomic mass is 16.5. The molecule has 2 aromatic rings. The number of aromatic nitrogens is 2. The monoisotopic (exact) mass is 287 g/mol. The zero-order valence-electron chi connectivity index (χ0n) is 12.7. The van der Waals surface area contributed by atoms with Crippen LogP contribution in [0.4, 0.5) is 6.01 Å². The first kappa shape index (κ1) is 14.1. The fourth-order valence-corrected chi connectivity index (χ4v) is 2.47. The lowest BCUT2D eigenvalue weighted by Crippen LogP contribution is -2.45. The van der Waals surface area contributed by atoms with E-state index in [1.807, 2.05) is 18.2 Å². The van der Waals surface area contributed by atoms with Gasteiger partial charge in [-0.3, -0.25) is 0 Å². The van der Waals surface area contributed by atoms with E-state index in [2.05, 4.69) is 47.9 Å². The van der Waals surface area contributed by atoms with E-state index in [1.165, 1.54) is 5.56 Å². The minimum absolute atomic E-state index is 0.0387. The molecule has 21 heavy (non-hydrogen) atoms. The van der Waals surface area contributed by atoms with Crippen LogP contribution in [-0.2, 0) is 4.74 Å². The van der Waals surface area contributed by atoms with Crippen molar-refractivity contribution < 1.29 is 9.26 Å². The van der Waals surface area contributed by atoms with Crippen molar-refractivity contribution in [3.05, 3.63) is 41.7 Å². The maximum atomic E-state index is 5.95. The summed E-state index contributed by atoms with van der Waals surface area (Å²) in [5.74, 6) is 1.02. The molecule has 1 aliphatic heterocycles. The number of rotatable bonds is 3. The third-order valence-electron chi connectivity index (χ3n) is 3.80. The Morgan fingerprint density at radius 1 is 1.24 bits per heavy atom. The van der Waals surface area contributed by atoms with Crippen molar-refractivity contribution in [1.29, 1.82) is 0 Å². The standard InChI is InChI=1S/C16H21N3O2/c1-11(2)15-17-16(21-18-15)19-9-14(20-10-12(19)3)13-7-5-4-6-8-13/h4-8,11-12,14H,9-10H2,1-3H3/t12-,14+/m1/s1. The van der Waals surface area contributed by atoms with Crippen molar-refractivity contribution in [3.8, 4) is 0 Å². The molecular weight excluding hydrogens is 266 g/mol. The molecule has 1 saturated heterocycles. The average Bonchev–Trinajstić information content (AvgIpc) is 2.98. The fourth-order valence-electron chi connectivity index (χ4n) is 2.47. The number of morpholine rings is 1. The van der Waals surface area contributed by atoms with Crippen LogP contribution in [0.2, 0.25) is 0 Å². The van der Waals surface area contributed by atoms with Gasteiger partial charge in [0.2, 0.25) is 0 Å². The highest BCUT2D eigenvalue weighted by Crippen LogP contribution is 2.28. The summed E-state index contributed by atoms with van der Waals surface area (Å²) in [5.41, 5.74) is 1.18. The summed E-state index contributed by atoms with van der Waals surface area (Å²) >= 11 is 0. The van der Waals surface area contributed by atoms with Gasteiger partial charge in [-0.2, -0.15) is 4.98 Å². The van der Waals surface area contributed by atoms with Gasteiger partial charge in [-0.15, -0.1) is 0 Å². The molecule has 2 atom stereocenters. The zero-order valence-corrected chi connectivity index (χ0v) is 12.7. The molecule has 0 bridgehead atoms. The molecule has 1 aliphatic rings. The van der Waals surface area contributed by atoms with Gasteiger partial charge in [0.05, 0.1) is 19.2 Å². The van der Waals surface area contributed by atoms with Gasteiger partial charge in [0.1, 0.15) is 6.10 Å². The Morgan fingerprint density at radius 3 is 2.67 bits per heavy atom. The summed E-state index contributed by atoms with van der Waals surface area (Å²) in [4.78, 5) is 6.64. The van der Waals surface area contributed by atoms with E-state index in [0.29, 0.717) is 12.6 Å². The van der Waals surface area contributed by atoms with E-state index in [0.717, 1.165) is 12.4 Å². The van der Waals surface area contributed by atoms with Crippen LogP contribution in [0, 0.1) is 0 Å². The van der Waals surface area contributed by atoms with Crippen LogP contribution >= 0.6 is 0 Å². The molecule has 0 spiro atoms. The smallest absolute Gasteiger partial charge is 0.324 e. The molecule has 1 fully saturated rings. The Kier molecular flexibility index (Phi) is 3.92. The van der Waals surface area contributed by atoms with Crippen LogP contribution in [0.1, 0.15) is 44.2 Å². The first-order valence-corrected chi connectivity index (χ1v) is 7.42. The van der Waals surface area contributed by atoms with Crippen LogP contribution in [0.15, 0.2) is 34.9 Å². The second-order valence-electron chi connectivity index (χ2n) is 5.82. The molecule has 0 N–H and O–H groups in total. The lowest BCUT2D eigenvalue weighted by atomic mass is 10.1. The predicted octanol–water partition coefficient (Wildman–Crippen LogP) is 3.16. The Hall–Kier alpha value is -1.88. The van der Waals surface area contributed by atoms with Crippen LogP contribution in [0.5, 0.6) is 0 Å². The second-order valence-corrected chi connectivity index (χ2v) is 5.82. The zero-order chi connectivity index (χ0) is 14.8. The normalized spacial score (nSPS) is 22.8. The summed E-state index contributed by atoms with van der Waals surface area (Å²) < 4.78 is 11.4. The Bertz CT molecular complexity index is 582. The van der Waals surface area contributed by atoms with Crippen LogP contribution in [0.3, 0.4) is 0 Å². The molecular formula is C16H21N3O2. The van der Waals surface area contributed by atoms with Gasteiger partial charge in [0.25, 0.3) is 0 Å². The van der Waals surface area contributed by atoms with Crippen molar-refractivity contribution >= 4 is 6.01 Å². The third kappa shape index (κ3) is 2.93. The summed E-state index contributed by atoms with van der Waals surface area (Å²) in [7, 11) is 0. The van der Waals surface area contributed by atoms with Crippen molar-refractivity contribution in [2.45, 2.75) is 38.8 Å². The van der Waals surface area contributed by atoms with Gasteiger partial charge < -0.3 is 14.2 Å². The van der Waals surface area contributed by atoms with Crippen molar-refractivity contribution in [3.63, 3.8) is 0 Å². The molecule has 3 rings (SSSR count). The molecule has 5 heteroatoms. The quantitative estimate of drug-likeness (QED) is 0.868. The first-order valence-electron chi connectivity index (χ1n) is 7.42. The molecule has 112 valence electrons. The number of nitrogens with zero attached hydrogens (tertiary/aromatic N) is 3. The largest absolute Gasteiger partial charge is 0.370 e. The SMILES string of the molecule is CC(C)c1noc(N2C[C@@H](c3ccccc3)OC[C@H]2C)n1. The average molecular weight is 287 g/mol. The minimum atomic E-state index is 0.0387. The molecule has 0 aliphatic carbocycles. The maximum Gasteiger partial charge on any atom is 0.324 e. The molecule has 2 heterocycles. The van der Waals surface area contributed by atoms with E-state index >= 15 is 0 Å². The highest BCUT2D eigenvalue weighted by molar-refractivity contribution is 5.31. The number of hydrogen-bond acceptors (Lipinski definition) is 5. The van der Waals surface area contributed by atoms with Gasteiger partial charge in [-0.05, 0) is 12.5 Å². The molecule has 5 nitrogen and oxygen atoms in total. The topological polar surface area (TPSA) is 51.4 Å². The molecule has 0 unspecified atom stereocenters.